The van der Waals surface area contributed by atoms with Crippen molar-refractivity contribution in [3.63, 3.8) is 0 Å². The van der Waals surface area contributed by atoms with Gasteiger partial charge in [0.15, 0.2) is 0 Å². The molecule has 5 nitrogen and oxygen atoms in total. The fraction of sp³-hybridized carbons (Fsp3) is 0.342. The van der Waals surface area contributed by atoms with Gasteiger partial charge >= 0.3 is 5.97 Å². The number of carbonyl (C=O) groups excluding carboxylic acids is 1. The van der Waals surface area contributed by atoms with E-state index in [1.807, 2.05) is 24.3 Å². The highest BCUT2D eigenvalue weighted by molar-refractivity contribution is 6.45. The Labute approximate surface area is 315 Å². The number of hydrogen-bond donors (Lipinski definition) is 3. The third-order valence-electron chi connectivity index (χ3n) is 10.7. The lowest BCUT2D eigenvalue weighted by Gasteiger charge is -2.50. The first kappa shape index (κ1) is 36.4. The van der Waals surface area contributed by atoms with E-state index in [1.54, 1.807) is 12.1 Å². The van der Waals surface area contributed by atoms with Gasteiger partial charge in [-0.3, -0.25) is 0 Å². The molecule has 0 radical (unpaired) electrons. The van der Waals surface area contributed by atoms with E-state index < -0.39 is 0 Å². The first-order chi connectivity index (χ1) is 23.3. The zero-order valence-electron chi connectivity index (χ0n) is 26.5. The van der Waals surface area contributed by atoms with Crippen LogP contribution in [0.1, 0.15) is 77.6 Å². The molecule has 0 aliphatic heterocycles. The number of benzene rings is 4. The van der Waals surface area contributed by atoms with Gasteiger partial charge in [-0.25, -0.2) is 4.79 Å². The van der Waals surface area contributed by atoms with Crippen molar-refractivity contribution in [2.45, 2.75) is 63.9 Å². The minimum atomic E-state index is -0.303. The average Bonchev–Trinajstić information content (AvgIpc) is 3.40. The van der Waals surface area contributed by atoms with Gasteiger partial charge in [-0.05, 0) is 109 Å². The Bertz CT molecular complexity index is 1790. The summed E-state index contributed by atoms with van der Waals surface area (Å²) in [5.74, 6) is 1.75. The summed E-state index contributed by atoms with van der Waals surface area (Å²) < 4.78 is 5.63. The predicted octanol–water partition coefficient (Wildman–Crippen LogP) is 11.7. The second-order valence-electron chi connectivity index (χ2n) is 13.3. The maximum absolute atomic E-state index is 12.4. The Morgan fingerprint density at radius 2 is 1.41 bits per heavy atom. The quantitative estimate of drug-likeness (QED) is 0.109. The van der Waals surface area contributed by atoms with Crippen LogP contribution in [0, 0.1) is 17.3 Å². The first-order valence-corrected chi connectivity index (χ1v) is 18.4. The van der Waals surface area contributed by atoms with Crippen molar-refractivity contribution in [1.29, 1.82) is 0 Å². The summed E-state index contributed by atoms with van der Waals surface area (Å²) in [5, 5.41) is 31.2. The lowest BCUT2D eigenvalue weighted by Crippen LogP contribution is -2.43. The molecule has 2 fully saturated rings. The van der Waals surface area contributed by atoms with Crippen LogP contribution in [0.4, 0.5) is 0 Å². The van der Waals surface area contributed by atoms with Crippen molar-refractivity contribution in [2.24, 2.45) is 17.3 Å². The van der Waals surface area contributed by atoms with E-state index in [-0.39, 0.29) is 76.7 Å². The van der Waals surface area contributed by atoms with Gasteiger partial charge in [-0.15, -0.1) is 0 Å². The molecule has 0 aromatic heterocycles. The molecule has 7 rings (SSSR count). The van der Waals surface area contributed by atoms with Gasteiger partial charge < -0.3 is 20.1 Å². The van der Waals surface area contributed by atoms with Crippen LogP contribution in [0.5, 0.6) is 17.2 Å². The molecule has 0 heterocycles. The highest BCUT2D eigenvalue weighted by Crippen LogP contribution is 2.61. The molecule has 3 N–H and O–H groups in total. The monoisotopic (exact) mass is 780 g/mol. The Hall–Kier alpha value is -2.35. The van der Waals surface area contributed by atoms with Crippen LogP contribution in [-0.2, 0) is 12.8 Å². The minimum absolute atomic E-state index is 0.0307. The Balaban J connectivity index is 0.000000178. The smallest absolute Gasteiger partial charge is 0.343 e. The minimum Gasteiger partial charge on any atom is -0.506 e. The van der Waals surface area contributed by atoms with Crippen LogP contribution in [0.2, 0.25) is 30.1 Å². The largest absolute Gasteiger partial charge is 0.506 e. The second-order valence-corrected chi connectivity index (χ2v) is 15.7. The Morgan fingerprint density at radius 3 is 2.02 bits per heavy atom. The third kappa shape index (κ3) is 7.10. The summed E-state index contributed by atoms with van der Waals surface area (Å²) in [4.78, 5) is 12.4. The number of phenolic OH excluding ortho intramolecular Hbond substituents is 2. The van der Waals surface area contributed by atoms with E-state index in [9.17, 15) is 20.1 Å². The Kier molecular flexibility index (Phi) is 10.9. The van der Waals surface area contributed by atoms with Crippen LogP contribution in [0.15, 0.2) is 60.7 Å². The number of phenols is 2. The Morgan fingerprint density at radius 1 is 0.796 bits per heavy atom. The van der Waals surface area contributed by atoms with Gasteiger partial charge in [-0.2, -0.15) is 0 Å². The number of esters is 1. The standard InChI is InChI=1S/C25H28O3.C13H6Cl6O2/c1-25-14-13-20-19-10-8-18(28-24(27)16-5-3-2-4-6-16)15-17(19)7-9-21(20)22(25)11-12-23(25)26;14-6-2-8(16)12(20)4(10(6)18)1-5-11(19)7(15)3-9(17)13(5)21/h2-6,8,10,15,20-23,26H,7,9,11-14H2,1H3;2-3,20-21H,1H2/t20-,21-,22+,23+,25+;/m1./s1. The molecule has 11 heteroatoms. The molecular weight excluding hydrogens is 749 g/mol. The number of ether oxygens (including phenoxy) is 1. The van der Waals surface area contributed by atoms with E-state index >= 15 is 0 Å². The van der Waals surface area contributed by atoms with Crippen LogP contribution in [-0.4, -0.2) is 27.4 Å². The number of fused-ring (bicyclic) bond motifs is 5. The summed E-state index contributed by atoms with van der Waals surface area (Å²) in [7, 11) is 0. The predicted molar refractivity (Wildman–Crippen MR) is 198 cm³/mol. The van der Waals surface area contributed by atoms with E-state index in [0.29, 0.717) is 29.1 Å². The second kappa shape index (κ2) is 14.7. The maximum Gasteiger partial charge on any atom is 0.343 e. The lowest BCUT2D eigenvalue weighted by molar-refractivity contribution is -0.0226. The molecule has 4 aromatic rings. The molecule has 258 valence electrons. The van der Waals surface area contributed by atoms with Crippen LogP contribution < -0.4 is 4.74 Å². The fourth-order valence-electron chi connectivity index (χ4n) is 8.10. The third-order valence-corrected chi connectivity index (χ3v) is 12.9. The normalized spacial score (nSPS) is 23.8. The molecule has 2 saturated carbocycles. The summed E-state index contributed by atoms with van der Waals surface area (Å²) in [5.41, 5.74) is 3.89. The van der Waals surface area contributed by atoms with Crippen molar-refractivity contribution < 1.29 is 24.9 Å². The van der Waals surface area contributed by atoms with Crippen LogP contribution in [0.25, 0.3) is 0 Å². The first-order valence-electron chi connectivity index (χ1n) is 16.1. The van der Waals surface area contributed by atoms with Crippen molar-refractivity contribution in [2.75, 3.05) is 0 Å². The van der Waals surface area contributed by atoms with E-state index in [1.165, 1.54) is 36.1 Å². The number of halogens is 6. The van der Waals surface area contributed by atoms with E-state index in [4.69, 9.17) is 74.3 Å². The van der Waals surface area contributed by atoms with Gasteiger partial charge in [0.05, 0.1) is 41.8 Å². The number of hydrogen-bond acceptors (Lipinski definition) is 5. The van der Waals surface area contributed by atoms with Gasteiger partial charge in [-0.1, -0.05) is 101 Å². The topological polar surface area (TPSA) is 87.0 Å². The highest BCUT2D eigenvalue weighted by atomic mass is 35.5. The lowest BCUT2D eigenvalue weighted by atomic mass is 9.55. The average molecular weight is 783 g/mol. The van der Waals surface area contributed by atoms with Crippen molar-refractivity contribution in [3.8, 4) is 17.2 Å². The molecule has 49 heavy (non-hydrogen) atoms. The number of carbonyl (C=O) groups is 1. The zero-order valence-corrected chi connectivity index (χ0v) is 31.0. The van der Waals surface area contributed by atoms with Crippen LogP contribution in [0.3, 0.4) is 0 Å². The van der Waals surface area contributed by atoms with E-state index in [0.717, 1.165) is 25.7 Å². The van der Waals surface area contributed by atoms with E-state index in [2.05, 4.69) is 19.1 Å². The van der Waals surface area contributed by atoms with Crippen molar-refractivity contribution in [3.05, 3.63) is 119 Å². The molecule has 4 aromatic carbocycles. The number of aliphatic hydroxyl groups is 1. The molecule has 3 aliphatic rings. The molecule has 3 aliphatic carbocycles. The number of aromatic hydroxyl groups is 2. The maximum atomic E-state index is 12.4. The van der Waals surface area contributed by atoms with Gasteiger partial charge in [0.2, 0.25) is 0 Å². The summed E-state index contributed by atoms with van der Waals surface area (Å²) in [6.07, 6.45) is 6.45. The highest BCUT2D eigenvalue weighted by Gasteiger charge is 2.54. The van der Waals surface area contributed by atoms with Gasteiger partial charge in [0.1, 0.15) is 17.2 Å². The van der Waals surface area contributed by atoms with Crippen LogP contribution >= 0.6 is 69.6 Å². The van der Waals surface area contributed by atoms with Crippen molar-refractivity contribution >= 4 is 75.6 Å². The molecule has 5 atom stereocenters. The molecular formula is C38H34Cl6O5. The zero-order chi connectivity index (χ0) is 35.2. The van der Waals surface area contributed by atoms with Gasteiger partial charge in [0.25, 0.3) is 0 Å². The molecule has 0 unspecified atom stereocenters. The number of rotatable bonds is 4. The molecule has 0 bridgehead atoms. The number of aryl methyl sites for hydroxylation is 1. The SMILES string of the molecule is C[C@]12CC[C@@H]3c4ccc(OC(=O)c5ccccc5)cc4CC[C@H]3[C@@H]1CC[C@@H]2O.Oc1c(Cl)cc(Cl)c(Cl)c1Cc1c(O)c(Cl)cc(Cl)c1Cl. The summed E-state index contributed by atoms with van der Waals surface area (Å²) >= 11 is 35.7. The number of aliphatic hydroxyl groups excluding tert-OH is 1. The van der Waals surface area contributed by atoms with Gasteiger partial charge in [0, 0.05) is 17.5 Å². The summed E-state index contributed by atoms with van der Waals surface area (Å²) in [6, 6.07) is 18.0. The fourth-order valence-corrected chi connectivity index (χ4v) is 9.53. The van der Waals surface area contributed by atoms with Crippen molar-refractivity contribution in [1.82, 2.24) is 0 Å². The molecule has 0 amide bonds. The molecule has 0 saturated heterocycles. The summed E-state index contributed by atoms with van der Waals surface area (Å²) in [6.45, 7) is 2.31. The molecule has 0 spiro atoms.